The molecule has 5 heteroatoms. The number of nitrogens with zero attached hydrogens (tertiary/aromatic N) is 2. The Hall–Kier alpha value is -1.67. The van der Waals surface area contributed by atoms with Crippen molar-refractivity contribution in [3.63, 3.8) is 0 Å². The van der Waals surface area contributed by atoms with Crippen LogP contribution in [0, 0.1) is 18.3 Å². The first-order valence-electron chi connectivity index (χ1n) is 3.95. The zero-order valence-electron chi connectivity index (χ0n) is 7.65. The summed E-state index contributed by atoms with van der Waals surface area (Å²) in [5.41, 5.74) is 5.84. The van der Waals surface area contributed by atoms with Gasteiger partial charge in [0.05, 0.1) is 11.5 Å². The maximum absolute atomic E-state index is 11.6. The van der Waals surface area contributed by atoms with Gasteiger partial charge in [-0.05, 0) is 19.1 Å². The third-order valence-corrected chi connectivity index (χ3v) is 1.96. The van der Waals surface area contributed by atoms with Crippen molar-refractivity contribution >= 4 is 17.2 Å². The molecule has 0 spiro atoms. The molecule has 4 nitrogen and oxygen atoms in total. The quantitative estimate of drug-likeness (QED) is 0.709. The van der Waals surface area contributed by atoms with Crippen molar-refractivity contribution < 1.29 is 0 Å². The third kappa shape index (κ3) is 1.98. The highest BCUT2D eigenvalue weighted by Crippen LogP contribution is 1.97. The predicted octanol–water partition coefficient (Wildman–Crippen LogP) is 0.315. The molecule has 0 aliphatic carbocycles. The van der Waals surface area contributed by atoms with Crippen molar-refractivity contribution in [1.82, 2.24) is 4.57 Å². The average Bonchev–Trinajstić information content (AvgIpc) is 2.12. The minimum atomic E-state index is -0.347. The predicted molar refractivity (Wildman–Crippen MR) is 56.9 cm³/mol. The summed E-state index contributed by atoms with van der Waals surface area (Å²) in [4.78, 5) is 11.8. The Bertz CT molecular complexity index is 470. The van der Waals surface area contributed by atoms with Gasteiger partial charge < -0.3 is 10.3 Å². The molecule has 1 aromatic heterocycles. The summed E-state index contributed by atoms with van der Waals surface area (Å²) in [7, 11) is 0. The van der Waals surface area contributed by atoms with Crippen LogP contribution in [-0.2, 0) is 6.54 Å². The normalized spacial score (nSPS) is 9.43. The summed E-state index contributed by atoms with van der Waals surface area (Å²) in [5.74, 6) is 0. The largest absolute Gasteiger partial charge is 0.392 e. The average molecular weight is 207 g/mol. The second-order valence-electron chi connectivity index (χ2n) is 2.86. The fourth-order valence-electron chi connectivity index (χ4n) is 1.11. The van der Waals surface area contributed by atoms with Gasteiger partial charge in [0.15, 0.2) is 0 Å². The molecule has 14 heavy (non-hydrogen) atoms. The van der Waals surface area contributed by atoms with E-state index in [-0.39, 0.29) is 22.7 Å². The molecule has 1 rings (SSSR count). The molecule has 0 aliphatic heterocycles. The lowest BCUT2D eigenvalue weighted by Gasteiger charge is -2.08. The monoisotopic (exact) mass is 207 g/mol. The van der Waals surface area contributed by atoms with Gasteiger partial charge in [0.2, 0.25) is 0 Å². The van der Waals surface area contributed by atoms with E-state index >= 15 is 0 Å². The van der Waals surface area contributed by atoms with Gasteiger partial charge in [0.25, 0.3) is 5.56 Å². The van der Waals surface area contributed by atoms with E-state index in [1.54, 1.807) is 13.0 Å². The fourth-order valence-corrected chi connectivity index (χ4v) is 1.24. The van der Waals surface area contributed by atoms with Crippen LogP contribution in [0.4, 0.5) is 0 Å². The summed E-state index contributed by atoms with van der Waals surface area (Å²) >= 11 is 4.71. The highest BCUT2D eigenvalue weighted by Gasteiger charge is 2.05. The number of aryl methyl sites for hydroxylation is 1. The van der Waals surface area contributed by atoms with Crippen LogP contribution in [0.25, 0.3) is 0 Å². The number of rotatable bonds is 2. The maximum Gasteiger partial charge on any atom is 0.269 e. The Labute approximate surface area is 86.6 Å². The van der Waals surface area contributed by atoms with Crippen LogP contribution in [0.15, 0.2) is 16.9 Å². The number of nitriles is 1. The van der Waals surface area contributed by atoms with E-state index in [4.69, 9.17) is 23.2 Å². The van der Waals surface area contributed by atoms with E-state index in [1.165, 1.54) is 10.6 Å². The van der Waals surface area contributed by atoms with E-state index in [0.717, 1.165) is 5.69 Å². The molecule has 0 saturated heterocycles. The molecule has 2 N–H and O–H groups in total. The lowest BCUT2D eigenvalue weighted by Crippen LogP contribution is -2.29. The molecule has 0 aromatic carbocycles. The summed E-state index contributed by atoms with van der Waals surface area (Å²) in [5, 5.41) is 8.64. The van der Waals surface area contributed by atoms with Gasteiger partial charge in [-0.15, -0.1) is 0 Å². The Morgan fingerprint density at radius 3 is 2.86 bits per heavy atom. The first kappa shape index (κ1) is 10.4. The van der Waals surface area contributed by atoms with Crippen molar-refractivity contribution in [2.24, 2.45) is 5.73 Å². The zero-order chi connectivity index (χ0) is 10.7. The van der Waals surface area contributed by atoms with Crippen LogP contribution in [0.1, 0.15) is 11.3 Å². The van der Waals surface area contributed by atoms with Crippen molar-refractivity contribution in [3.8, 4) is 6.07 Å². The minimum absolute atomic E-state index is 0.104. The van der Waals surface area contributed by atoms with Crippen LogP contribution in [-0.4, -0.2) is 9.56 Å². The lowest BCUT2D eigenvalue weighted by atomic mass is 10.2. The van der Waals surface area contributed by atoms with Gasteiger partial charge in [0, 0.05) is 5.69 Å². The SMILES string of the molecule is Cc1ccc(C#N)c(=O)n1CC(N)=S. The molecule has 0 saturated carbocycles. The Balaban J connectivity index is 3.35. The molecular formula is C9H9N3OS. The molecule has 0 aliphatic rings. The summed E-state index contributed by atoms with van der Waals surface area (Å²) in [6.07, 6.45) is 0. The second-order valence-corrected chi connectivity index (χ2v) is 3.38. The maximum atomic E-state index is 11.6. The molecular weight excluding hydrogens is 198 g/mol. The van der Waals surface area contributed by atoms with Crippen LogP contribution in [0.5, 0.6) is 0 Å². The molecule has 0 fully saturated rings. The van der Waals surface area contributed by atoms with Crippen molar-refractivity contribution in [2.75, 3.05) is 0 Å². The molecule has 72 valence electrons. The number of nitrogens with two attached hydrogens (primary N) is 1. The van der Waals surface area contributed by atoms with Crippen LogP contribution in [0.2, 0.25) is 0 Å². The summed E-state index contributed by atoms with van der Waals surface area (Å²) < 4.78 is 1.39. The number of hydrogen-bond donors (Lipinski definition) is 1. The van der Waals surface area contributed by atoms with E-state index in [0.29, 0.717) is 0 Å². The number of hydrogen-bond acceptors (Lipinski definition) is 3. The van der Waals surface area contributed by atoms with Crippen molar-refractivity contribution in [3.05, 3.63) is 33.7 Å². The number of aromatic nitrogens is 1. The van der Waals surface area contributed by atoms with Gasteiger partial charge >= 0.3 is 0 Å². The van der Waals surface area contributed by atoms with E-state index in [1.807, 2.05) is 6.07 Å². The number of pyridine rings is 1. The van der Waals surface area contributed by atoms with Gasteiger partial charge in [-0.25, -0.2) is 0 Å². The standard InChI is InChI=1S/C9H9N3OS/c1-6-2-3-7(4-10)9(13)12(6)5-8(11)14/h2-3H,5H2,1H3,(H2,11,14). The van der Waals surface area contributed by atoms with Crippen molar-refractivity contribution in [1.29, 1.82) is 5.26 Å². The topological polar surface area (TPSA) is 71.8 Å². The third-order valence-electron chi connectivity index (χ3n) is 1.83. The van der Waals surface area contributed by atoms with Gasteiger partial charge in [-0.1, -0.05) is 12.2 Å². The van der Waals surface area contributed by atoms with Crippen LogP contribution in [0.3, 0.4) is 0 Å². The number of thiocarbonyl (C=S) groups is 1. The molecule has 0 amide bonds. The minimum Gasteiger partial charge on any atom is -0.392 e. The first-order valence-corrected chi connectivity index (χ1v) is 4.36. The molecule has 1 aromatic rings. The highest BCUT2D eigenvalue weighted by atomic mass is 32.1. The van der Waals surface area contributed by atoms with Gasteiger partial charge in [-0.3, -0.25) is 4.79 Å². The Kier molecular flexibility index (Phi) is 2.99. The van der Waals surface area contributed by atoms with Gasteiger partial charge in [-0.2, -0.15) is 5.26 Å². The van der Waals surface area contributed by atoms with E-state index in [9.17, 15) is 4.79 Å². The Morgan fingerprint density at radius 2 is 2.36 bits per heavy atom. The molecule has 0 bridgehead atoms. The Morgan fingerprint density at radius 1 is 1.71 bits per heavy atom. The molecule has 1 heterocycles. The molecule has 0 unspecified atom stereocenters. The first-order chi connectivity index (χ1) is 6.56. The lowest BCUT2D eigenvalue weighted by molar-refractivity contribution is 0.770. The summed E-state index contributed by atoms with van der Waals surface area (Å²) in [6, 6.07) is 5.01. The smallest absolute Gasteiger partial charge is 0.269 e. The van der Waals surface area contributed by atoms with Gasteiger partial charge in [0.1, 0.15) is 11.6 Å². The van der Waals surface area contributed by atoms with Crippen molar-refractivity contribution in [2.45, 2.75) is 13.5 Å². The highest BCUT2D eigenvalue weighted by molar-refractivity contribution is 7.80. The zero-order valence-corrected chi connectivity index (χ0v) is 8.47. The second kappa shape index (κ2) is 4.03. The van der Waals surface area contributed by atoms with E-state index < -0.39 is 0 Å². The van der Waals surface area contributed by atoms with E-state index in [2.05, 4.69) is 0 Å². The fraction of sp³-hybridized carbons (Fsp3) is 0.222. The van der Waals surface area contributed by atoms with Crippen LogP contribution < -0.4 is 11.3 Å². The molecule has 0 atom stereocenters. The van der Waals surface area contributed by atoms with Crippen LogP contribution >= 0.6 is 12.2 Å². The summed E-state index contributed by atoms with van der Waals surface area (Å²) in [6.45, 7) is 1.94. The molecule has 0 radical (unpaired) electrons.